The summed E-state index contributed by atoms with van der Waals surface area (Å²) in [5, 5.41) is 9.05. The zero-order valence-electron chi connectivity index (χ0n) is 12.7. The average molecular weight is 289 g/mol. The van der Waals surface area contributed by atoms with Crippen LogP contribution in [0.25, 0.3) is 0 Å². The summed E-state index contributed by atoms with van der Waals surface area (Å²) >= 11 is 0. The van der Waals surface area contributed by atoms with Crippen molar-refractivity contribution >= 4 is 11.9 Å². The third kappa shape index (κ3) is 3.43. The van der Waals surface area contributed by atoms with Gasteiger partial charge in [0.25, 0.3) is 5.91 Å². The summed E-state index contributed by atoms with van der Waals surface area (Å²) in [6, 6.07) is 6.59. The Labute approximate surface area is 125 Å². The number of hydrogen-bond donors (Lipinski definition) is 1. The van der Waals surface area contributed by atoms with Gasteiger partial charge >= 0.3 is 5.97 Å². The van der Waals surface area contributed by atoms with Crippen molar-refractivity contribution in [3.05, 3.63) is 35.4 Å². The molecule has 2 unspecified atom stereocenters. The maximum atomic E-state index is 12.7. The largest absolute Gasteiger partial charge is 0.478 e. The fourth-order valence-corrected chi connectivity index (χ4v) is 3.24. The number of carboxylic acids is 1. The Hall–Kier alpha value is -1.84. The first-order valence-corrected chi connectivity index (χ1v) is 7.69. The first-order valence-electron chi connectivity index (χ1n) is 7.69. The van der Waals surface area contributed by atoms with Crippen LogP contribution in [-0.2, 0) is 0 Å². The van der Waals surface area contributed by atoms with Crippen molar-refractivity contribution in [2.24, 2.45) is 5.92 Å². The highest BCUT2D eigenvalue weighted by Crippen LogP contribution is 2.29. The molecule has 1 aromatic carbocycles. The van der Waals surface area contributed by atoms with Gasteiger partial charge in [0.15, 0.2) is 0 Å². The van der Waals surface area contributed by atoms with E-state index in [1.807, 2.05) is 11.8 Å². The van der Waals surface area contributed by atoms with Gasteiger partial charge in [0.1, 0.15) is 0 Å². The zero-order valence-corrected chi connectivity index (χ0v) is 12.7. The molecule has 1 N–H and O–H groups in total. The lowest BCUT2D eigenvalue weighted by Crippen LogP contribution is -2.45. The van der Waals surface area contributed by atoms with Crippen LogP contribution in [0.2, 0.25) is 0 Å². The number of carbonyl (C=O) groups is 2. The molecule has 0 saturated heterocycles. The lowest BCUT2D eigenvalue weighted by Gasteiger charge is -2.38. The van der Waals surface area contributed by atoms with Crippen LogP contribution in [0.4, 0.5) is 0 Å². The highest BCUT2D eigenvalue weighted by atomic mass is 16.4. The molecule has 4 heteroatoms. The topological polar surface area (TPSA) is 57.6 Å². The third-order valence-corrected chi connectivity index (χ3v) is 4.42. The van der Waals surface area contributed by atoms with Gasteiger partial charge in [-0.3, -0.25) is 4.79 Å². The number of aromatic carboxylic acids is 1. The lowest BCUT2D eigenvalue weighted by molar-refractivity contribution is 0.0570. The Morgan fingerprint density at radius 1 is 1.24 bits per heavy atom. The Bertz CT molecular complexity index is 527. The molecule has 2 rings (SSSR count). The van der Waals surface area contributed by atoms with Gasteiger partial charge < -0.3 is 10.0 Å². The molecule has 0 aliphatic heterocycles. The summed E-state index contributed by atoms with van der Waals surface area (Å²) in [5.74, 6) is -0.552. The number of nitrogens with zero attached hydrogens (tertiary/aromatic N) is 1. The molecule has 1 aliphatic rings. The second-order valence-electron chi connectivity index (χ2n) is 5.81. The van der Waals surface area contributed by atoms with Crippen molar-refractivity contribution in [2.75, 3.05) is 6.54 Å². The number of carbonyl (C=O) groups excluding carboxylic acids is 1. The highest BCUT2D eigenvalue weighted by Gasteiger charge is 2.30. The molecular formula is C17H23NO3. The van der Waals surface area contributed by atoms with E-state index in [9.17, 15) is 9.59 Å². The van der Waals surface area contributed by atoms with Crippen LogP contribution in [0.5, 0.6) is 0 Å². The first kappa shape index (κ1) is 15.5. The SMILES string of the molecule is CCN(C(=O)c1cccc(C(=O)O)c1)C1CCCCC1C. The molecule has 0 spiro atoms. The summed E-state index contributed by atoms with van der Waals surface area (Å²) in [6.07, 6.45) is 4.59. The van der Waals surface area contributed by atoms with Gasteiger partial charge in [-0.25, -0.2) is 4.79 Å². The van der Waals surface area contributed by atoms with Crippen molar-refractivity contribution in [1.82, 2.24) is 4.90 Å². The van der Waals surface area contributed by atoms with Crippen molar-refractivity contribution in [1.29, 1.82) is 0 Å². The summed E-state index contributed by atoms with van der Waals surface area (Å²) in [7, 11) is 0. The van der Waals surface area contributed by atoms with Crippen molar-refractivity contribution in [3.8, 4) is 0 Å². The number of rotatable bonds is 4. The summed E-state index contributed by atoms with van der Waals surface area (Å²) < 4.78 is 0. The number of amides is 1. The van der Waals surface area contributed by atoms with Gasteiger partial charge in [-0.2, -0.15) is 0 Å². The molecule has 1 saturated carbocycles. The molecule has 1 fully saturated rings. The molecule has 0 radical (unpaired) electrons. The van der Waals surface area contributed by atoms with Crippen molar-refractivity contribution in [3.63, 3.8) is 0 Å². The van der Waals surface area contributed by atoms with E-state index in [1.165, 1.54) is 18.6 Å². The van der Waals surface area contributed by atoms with Crippen LogP contribution in [0.3, 0.4) is 0 Å². The van der Waals surface area contributed by atoms with Gasteiger partial charge in [0, 0.05) is 18.2 Å². The van der Waals surface area contributed by atoms with Crippen LogP contribution in [0, 0.1) is 5.92 Å². The molecule has 0 aromatic heterocycles. The Morgan fingerprint density at radius 2 is 1.90 bits per heavy atom. The van der Waals surface area contributed by atoms with Gasteiger partial charge in [0.2, 0.25) is 0 Å². The maximum absolute atomic E-state index is 12.7. The zero-order chi connectivity index (χ0) is 15.4. The summed E-state index contributed by atoms with van der Waals surface area (Å²) in [5.41, 5.74) is 0.628. The maximum Gasteiger partial charge on any atom is 0.335 e. The normalized spacial score (nSPS) is 21.8. The van der Waals surface area contributed by atoms with Crippen LogP contribution >= 0.6 is 0 Å². The van der Waals surface area contributed by atoms with E-state index >= 15 is 0 Å². The lowest BCUT2D eigenvalue weighted by atomic mass is 9.84. The fraction of sp³-hybridized carbons (Fsp3) is 0.529. The Kier molecular flexibility index (Phi) is 4.99. The molecule has 0 bridgehead atoms. The van der Waals surface area contributed by atoms with E-state index < -0.39 is 5.97 Å². The third-order valence-electron chi connectivity index (χ3n) is 4.42. The van der Waals surface area contributed by atoms with E-state index in [2.05, 4.69) is 6.92 Å². The average Bonchev–Trinajstić information content (AvgIpc) is 2.50. The standard InChI is InChI=1S/C17H23NO3/c1-3-18(15-10-5-4-7-12(15)2)16(19)13-8-6-9-14(11-13)17(20)21/h6,8-9,11-12,15H,3-5,7,10H2,1-2H3,(H,20,21). The number of benzene rings is 1. The minimum absolute atomic E-state index is 0.0562. The van der Waals surface area contributed by atoms with Gasteiger partial charge in [-0.15, -0.1) is 0 Å². The summed E-state index contributed by atoms with van der Waals surface area (Å²) in [6.45, 7) is 4.85. The van der Waals surface area contributed by atoms with Crippen LogP contribution in [0.15, 0.2) is 24.3 Å². The molecule has 1 aromatic rings. The molecule has 0 heterocycles. The van der Waals surface area contributed by atoms with Crippen LogP contribution in [-0.4, -0.2) is 34.5 Å². The van der Waals surface area contributed by atoms with E-state index in [-0.39, 0.29) is 17.5 Å². The minimum Gasteiger partial charge on any atom is -0.478 e. The van der Waals surface area contributed by atoms with E-state index in [1.54, 1.807) is 12.1 Å². The second-order valence-corrected chi connectivity index (χ2v) is 5.81. The monoisotopic (exact) mass is 289 g/mol. The molecular weight excluding hydrogens is 266 g/mol. The second kappa shape index (κ2) is 6.74. The van der Waals surface area contributed by atoms with Crippen LogP contribution < -0.4 is 0 Å². The van der Waals surface area contributed by atoms with Crippen molar-refractivity contribution < 1.29 is 14.7 Å². The predicted molar refractivity (Wildman–Crippen MR) is 81.5 cm³/mol. The highest BCUT2D eigenvalue weighted by molar-refractivity contribution is 5.97. The van der Waals surface area contributed by atoms with Gasteiger partial charge in [0.05, 0.1) is 5.56 Å². The molecule has 1 aliphatic carbocycles. The quantitative estimate of drug-likeness (QED) is 0.924. The molecule has 2 atom stereocenters. The fourth-order valence-electron chi connectivity index (χ4n) is 3.24. The minimum atomic E-state index is -1.00. The smallest absolute Gasteiger partial charge is 0.335 e. The first-order chi connectivity index (χ1) is 10.0. The molecule has 4 nitrogen and oxygen atoms in total. The van der Waals surface area contributed by atoms with Crippen LogP contribution in [0.1, 0.15) is 60.2 Å². The van der Waals surface area contributed by atoms with E-state index in [0.717, 1.165) is 19.3 Å². The van der Waals surface area contributed by atoms with Crippen molar-refractivity contribution in [2.45, 2.75) is 45.6 Å². The van der Waals surface area contributed by atoms with E-state index in [0.29, 0.717) is 18.0 Å². The predicted octanol–water partition coefficient (Wildman–Crippen LogP) is 3.43. The molecule has 21 heavy (non-hydrogen) atoms. The Balaban J connectivity index is 2.23. The van der Waals surface area contributed by atoms with E-state index in [4.69, 9.17) is 5.11 Å². The summed E-state index contributed by atoms with van der Waals surface area (Å²) in [4.78, 5) is 25.7. The molecule has 1 amide bonds. The van der Waals surface area contributed by atoms with Gasteiger partial charge in [-0.1, -0.05) is 25.8 Å². The number of hydrogen-bond acceptors (Lipinski definition) is 2. The number of carboxylic acid groups (broad SMARTS) is 1. The Morgan fingerprint density at radius 3 is 2.52 bits per heavy atom. The molecule has 114 valence electrons. The van der Waals surface area contributed by atoms with Gasteiger partial charge in [-0.05, 0) is 43.9 Å².